The van der Waals surface area contributed by atoms with E-state index in [1.807, 2.05) is 0 Å². The molecule has 6 N–H and O–H groups in total. The standard InChI is InChI=1S/C20H22O9/c21-10-3-1-9(2-4-10)19-16(29-20-18(26)17(25)14(24)8-27-20)7-12-13(23)5-11(22)6-15(12)28-19/h1-6,14,16-26H,7-8H2/t14-,16?,17?,18?,19?,20+/m1/s1. The van der Waals surface area contributed by atoms with E-state index in [1.54, 1.807) is 12.1 Å². The van der Waals surface area contributed by atoms with E-state index in [0.29, 0.717) is 11.1 Å². The molecule has 156 valence electrons. The molecule has 9 nitrogen and oxygen atoms in total. The molecule has 0 amide bonds. The van der Waals surface area contributed by atoms with E-state index in [4.69, 9.17) is 14.2 Å². The van der Waals surface area contributed by atoms with Gasteiger partial charge in [0.1, 0.15) is 47.4 Å². The second kappa shape index (κ2) is 7.69. The Morgan fingerprint density at radius 3 is 2.34 bits per heavy atom. The predicted molar refractivity (Wildman–Crippen MR) is 97.6 cm³/mol. The van der Waals surface area contributed by atoms with Gasteiger partial charge in [-0.3, -0.25) is 0 Å². The maximum atomic E-state index is 10.2. The Hall–Kier alpha value is -2.56. The summed E-state index contributed by atoms with van der Waals surface area (Å²) in [4.78, 5) is 0. The molecule has 0 radical (unpaired) electrons. The summed E-state index contributed by atoms with van der Waals surface area (Å²) in [6.07, 6.45) is -6.65. The number of aromatic hydroxyl groups is 3. The second-order valence-electron chi connectivity index (χ2n) is 7.20. The molecule has 0 aliphatic carbocycles. The molecule has 0 bridgehead atoms. The van der Waals surface area contributed by atoms with Crippen LogP contribution in [0.5, 0.6) is 23.0 Å². The number of fused-ring (bicyclic) bond motifs is 1. The minimum absolute atomic E-state index is 0.0702. The Bertz CT molecular complexity index is 869. The summed E-state index contributed by atoms with van der Waals surface area (Å²) < 4.78 is 17.2. The Labute approximate surface area is 166 Å². The highest BCUT2D eigenvalue weighted by atomic mass is 16.7. The van der Waals surface area contributed by atoms with E-state index >= 15 is 0 Å². The Kier molecular flexibility index (Phi) is 5.24. The summed E-state index contributed by atoms with van der Waals surface area (Å²) >= 11 is 0. The molecule has 0 spiro atoms. The molecule has 29 heavy (non-hydrogen) atoms. The van der Waals surface area contributed by atoms with Crippen molar-refractivity contribution in [2.75, 3.05) is 6.61 Å². The minimum atomic E-state index is -1.48. The number of rotatable bonds is 3. The van der Waals surface area contributed by atoms with Crippen molar-refractivity contribution in [2.45, 2.75) is 43.2 Å². The number of phenolic OH excluding ortho intramolecular Hbond substituents is 3. The SMILES string of the molecule is Oc1ccc(C2Oc3cc(O)cc(O)c3CC2O[C@@H]2OC[C@@H](O)C(O)C2O)cc1. The summed E-state index contributed by atoms with van der Waals surface area (Å²) in [7, 11) is 0. The van der Waals surface area contributed by atoms with Crippen molar-refractivity contribution in [3.63, 3.8) is 0 Å². The number of hydrogen-bond donors (Lipinski definition) is 6. The van der Waals surface area contributed by atoms with Crippen molar-refractivity contribution in [2.24, 2.45) is 0 Å². The lowest BCUT2D eigenvalue weighted by atomic mass is 9.93. The van der Waals surface area contributed by atoms with E-state index < -0.39 is 36.8 Å². The molecular weight excluding hydrogens is 384 g/mol. The largest absolute Gasteiger partial charge is 0.508 e. The lowest BCUT2D eigenvalue weighted by Crippen LogP contribution is -2.55. The van der Waals surface area contributed by atoms with Crippen LogP contribution in [-0.4, -0.2) is 68.0 Å². The van der Waals surface area contributed by atoms with Crippen molar-refractivity contribution in [3.8, 4) is 23.0 Å². The van der Waals surface area contributed by atoms with Crippen LogP contribution in [-0.2, 0) is 15.9 Å². The lowest BCUT2D eigenvalue weighted by Gasteiger charge is -2.40. The maximum Gasteiger partial charge on any atom is 0.186 e. The topological polar surface area (TPSA) is 149 Å². The zero-order chi connectivity index (χ0) is 20.7. The van der Waals surface area contributed by atoms with Crippen LogP contribution in [0.1, 0.15) is 17.2 Å². The quantitative estimate of drug-likeness (QED) is 0.423. The number of benzene rings is 2. The first-order valence-electron chi connectivity index (χ1n) is 9.15. The third-order valence-electron chi connectivity index (χ3n) is 5.15. The molecule has 2 aliphatic rings. The van der Waals surface area contributed by atoms with Crippen LogP contribution in [0.25, 0.3) is 0 Å². The van der Waals surface area contributed by atoms with Gasteiger partial charge < -0.3 is 44.8 Å². The van der Waals surface area contributed by atoms with Gasteiger partial charge in [0, 0.05) is 24.1 Å². The van der Waals surface area contributed by atoms with Gasteiger partial charge in [-0.15, -0.1) is 0 Å². The molecule has 2 aromatic rings. The fourth-order valence-electron chi connectivity index (χ4n) is 3.59. The van der Waals surface area contributed by atoms with Crippen LogP contribution in [0.15, 0.2) is 36.4 Å². The van der Waals surface area contributed by atoms with Crippen molar-refractivity contribution in [1.29, 1.82) is 0 Å². The van der Waals surface area contributed by atoms with Crippen LogP contribution in [0, 0.1) is 0 Å². The molecule has 1 saturated heterocycles. The Morgan fingerprint density at radius 1 is 0.897 bits per heavy atom. The van der Waals surface area contributed by atoms with Crippen LogP contribution in [0.2, 0.25) is 0 Å². The molecule has 0 saturated carbocycles. The summed E-state index contributed by atoms with van der Waals surface area (Å²) in [5.74, 6) is 0.0217. The van der Waals surface area contributed by atoms with Crippen molar-refractivity contribution >= 4 is 0 Å². The molecule has 2 heterocycles. The van der Waals surface area contributed by atoms with E-state index in [9.17, 15) is 30.6 Å². The highest BCUT2D eigenvalue weighted by Gasteiger charge is 2.42. The van der Waals surface area contributed by atoms with Crippen molar-refractivity contribution in [1.82, 2.24) is 0 Å². The Balaban J connectivity index is 1.65. The molecule has 4 rings (SSSR count). The summed E-state index contributed by atoms with van der Waals surface area (Å²) in [6, 6.07) is 8.81. The summed E-state index contributed by atoms with van der Waals surface area (Å²) in [5.41, 5.74) is 1.06. The molecule has 9 heteroatoms. The zero-order valence-electron chi connectivity index (χ0n) is 15.3. The Morgan fingerprint density at radius 2 is 1.62 bits per heavy atom. The summed E-state index contributed by atoms with van der Waals surface area (Å²) in [5, 5.41) is 59.3. The number of phenols is 3. The second-order valence-corrected chi connectivity index (χ2v) is 7.20. The van der Waals surface area contributed by atoms with Crippen LogP contribution in [0.3, 0.4) is 0 Å². The summed E-state index contributed by atoms with van der Waals surface area (Å²) in [6.45, 7) is -0.212. The van der Waals surface area contributed by atoms with Gasteiger partial charge in [-0.2, -0.15) is 0 Å². The average Bonchev–Trinajstić information content (AvgIpc) is 2.69. The van der Waals surface area contributed by atoms with Gasteiger partial charge in [0.25, 0.3) is 0 Å². The lowest BCUT2D eigenvalue weighted by molar-refractivity contribution is -0.290. The number of ether oxygens (including phenoxy) is 3. The molecule has 6 atom stereocenters. The van der Waals surface area contributed by atoms with E-state index in [-0.39, 0.29) is 36.0 Å². The van der Waals surface area contributed by atoms with Gasteiger partial charge in [-0.25, -0.2) is 0 Å². The van der Waals surface area contributed by atoms with E-state index in [1.165, 1.54) is 24.3 Å². The minimum Gasteiger partial charge on any atom is -0.508 e. The van der Waals surface area contributed by atoms with Crippen LogP contribution >= 0.6 is 0 Å². The van der Waals surface area contributed by atoms with Gasteiger partial charge in [0.15, 0.2) is 12.4 Å². The van der Waals surface area contributed by atoms with Crippen molar-refractivity contribution in [3.05, 3.63) is 47.5 Å². The molecule has 2 aliphatic heterocycles. The van der Waals surface area contributed by atoms with Gasteiger partial charge in [-0.05, 0) is 17.7 Å². The first-order valence-corrected chi connectivity index (χ1v) is 9.15. The normalized spacial score (nSPS) is 31.7. The zero-order valence-corrected chi connectivity index (χ0v) is 15.3. The monoisotopic (exact) mass is 406 g/mol. The number of hydrogen-bond acceptors (Lipinski definition) is 9. The molecule has 2 aromatic carbocycles. The van der Waals surface area contributed by atoms with Gasteiger partial charge in [0.2, 0.25) is 0 Å². The fourth-order valence-corrected chi connectivity index (χ4v) is 3.59. The van der Waals surface area contributed by atoms with E-state index in [0.717, 1.165) is 0 Å². The number of aliphatic hydroxyl groups is 3. The third kappa shape index (κ3) is 3.83. The first-order chi connectivity index (χ1) is 13.8. The van der Waals surface area contributed by atoms with Crippen molar-refractivity contribution < 1.29 is 44.8 Å². The highest BCUT2D eigenvalue weighted by Crippen LogP contribution is 2.43. The molecule has 0 aromatic heterocycles. The molecule has 4 unspecified atom stereocenters. The average molecular weight is 406 g/mol. The molecular formula is C20H22O9. The van der Waals surface area contributed by atoms with Gasteiger partial charge >= 0.3 is 0 Å². The molecule has 1 fully saturated rings. The maximum absolute atomic E-state index is 10.2. The van der Waals surface area contributed by atoms with Crippen LogP contribution < -0.4 is 4.74 Å². The smallest absolute Gasteiger partial charge is 0.186 e. The first kappa shape index (κ1) is 19.7. The van der Waals surface area contributed by atoms with Crippen LogP contribution in [0.4, 0.5) is 0 Å². The van der Waals surface area contributed by atoms with Gasteiger partial charge in [0.05, 0.1) is 6.61 Å². The highest BCUT2D eigenvalue weighted by molar-refractivity contribution is 5.51. The predicted octanol–water partition coefficient (Wildman–Crippen LogP) is 0.304. The third-order valence-corrected chi connectivity index (χ3v) is 5.15. The van der Waals surface area contributed by atoms with Gasteiger partial charge in [-0.1, -0.05) is 12.1 Å². The fraction of sp³-hybridized carbons (Fsp3) is 0.400. The van der Waals surface area contributed by atoms with E-state index in [2.05, 4.69) is 0 Å². The number of aliphatic hydroxyl groups excluding tert-OH is 3.